The Labute approximate surface area is 107 Å². The summed E-state index contributed by atoms with van der Waals surface area (Å²) in [5, 5.41) is 0. The Hall–Kier alpha value is -1.81. The van der Waals surface area contributed by atoms with Crippen LogP contribution in [0.25, 0.3) is 11.3 Å². The summed E-state index contributed by atoms with van der Waals surface area (Å²) in [6.45, 7) is 4.50. The predicted molar refractivity (Wildman–Crippen MR) is 72.6 cm³/mol. The van der Waals surface area contributed by atoms with Crippen LogP contribution >= 0.6 is 0 Å². The van der Waals surface area contributed by atoms with Crippen LogP contribution in [0.1, 0.15) is 17.1 Å². The maximum absolute atomic E-state index is 5.68. The van der Waals surface area contributed by atoms with E-state index < -0.39 is 0 Å². The number of rotatable bonds is 3. The number of benzene rings is 1. The fraction of sp³-hybridized carbons (Fsp3) is 0.357. The van der Waals surface area contributed by atoms with E-state index >= 15 is 0 Å². The van der Waals surface area contributed by atoms with Crippen molar-refractivity contribution < 1.29 is 4.74 Å². The second-order valence-electron chi connectivity index (χ2n) is 4.41. The molecule has 2 rings (SSSR count). The number of aromatic nitrogens is 2. The van der Waals surface area contributed by atoms with Crippen LogP contribution in [0.3, 0.4) is 0 Å². The van der Waals surface area contributed by atoms with Crippen LogP contribution in [0.15, 0.2) is 18.2 Å². The summed E-state index contributed by atoms with van der Waals surface area (Å²) >= 11 is 0. The Balaban J connectivity index is 2.55. The largest absolute Gasteiger partial charge is 0.496 e. The molecule has 0 unspecified atom stereocenters. The Morgan fingerprint density at radius 3 is 2.56 bits per heavy atom. The molecule has 1 aromatic heterocycles. The van der Waals surface area contributed by atoms with Crippen molar-refractivity contribution in [1.29, 1.82) is 0 Å². The van der Waals surface area contributed by atoms with Gasteiger partial charge in [-0.1, -0.05) is 0 Å². The summed E-state index contributed by atoms with van der Waals surface area (Å²) < 4.78 is 7.33. The lowest BCUT2D eigenvalue weighted by atomic mass is 10.1. The van der Waals surface area contributed by atoms with Gasteiger partial charge in [0, 0.05) is 12.6 Å². The summed E-state index contributed by atoms with van der Waals surface area (Å²) in [7, 11) is 3.68. The van der Waals surface area contributed by atoms with Crippen molar-refractivity contribution in [3.05, 3.63) is 35.3 Å². The first-order chi connectivity index (χ1) is 8.58. The third-order valence-corrected chi connectivity index (χ3v) is 3.21. The molecule has 0 saturated heterocycles. The molecule has 4 heteroatoms. The van der Waals surface area contributed by atoms with Gasteiger partial charge in [0.1, 0.15) is 11.6 Å². The molecule has 0 spiro atoms. The minimum Gasteiger partial charge on any atom is -0.496 e. The molecule has 0 saturated carbocycles. The van der Waals surface area contributed by atoms with Crippen molar-refractivity contribution in [1.82, 2.24) is 9.55 Å². The molecule has 0 aliphatic rings. The molecule has 0 amide bonds. The highest BCUT2D eigenvalue weighted by molar-refractivity contribution is 5.65. The molecule has 4 nitrogen and oxygen atoms in total. The SMILES string of the molecule is COc1ccc(-c2c(C)nc(CN)n2C)cc1C. The van der Waals surface area contributed by atoms with E-state index in [4.69, 9.17) is 10.5 Å². The molecule has 0 atom stereocenters. The molecule has 0 aliphatic heterocycles. The quantitative estimate of drug-likeness (QED) is 0.901. The smallest absolute Gasteiger partial charge is 0.122 e. The lowest BCUT2D eigenvalue weighted by molar-refractivity contribution is 0.412. The van der Waals surface area contributed by atoms with E-state index in [-0.39, 0.29) is 0 Å². The van der Waals surface area contributed by atoms with Crippen LogP contribution in [0.4, 0.5) is 0 Å². The van der Waals surface area contributed by atoms with E-state index in [1.807, 2.05) is 27.0 Å². The number of ether oxygens (including phenoxy) is 1. The van der Waals surface area contributed by atoms with E-state index in [1.165, 1.54) is 0 Å². The van der Waals surface area contributed by atoms with E-state index in [2.05, 4.69) is 21.7 Å². The molecule has 0 aliphatic carbocycles. The van der Waals surface area contributed by atoms with Gasteiger partial charge in [-0.15, -0.1) is 0 Å². The monoisotopic (exact) mass is 245 g/mol. The van der Waals surface area contributed by atoms with Gasteiger partial charge < -0.3 is 15.0 Å². The van der Waals surface area contributed by atoms with E-state index in [1.54, 1.807) is 7.11 Å². The maximum Gasteiger partial charge on any atom is 0.122 e. The Morgan fingerprint density at radius 2 is 2.06 bits per heavy atom. The maximum atomic E-state index is 5.68. The number of aryl methyl sites for hydroxylation is 2. The van der Waals surface area contributed by atoms with Crippen molar-refractivity contribution in [3.63, 3.8) is 0 Å². The van der Waals surface area contributed by atoms with Gasteiger partial charge in [-0.2, -0.15) is 0 Å². The van der Waals surface area contributed by atoms with E-state index in [0.717, 1.165) is 34.1 Å². The summed E-state index contributed by atoms with van der Waals surface area (Å²) in [4.78, 5) is 4.48. The van der Waals surface area contributed by atoms with Crippen molar-refractivity contribution in [2.45, 2.75) is 20.4 Å². The van der Waals surface area contributed by atoms with Crippen LogP contribution in [0, 0.1) is 13.8 Å². The van der Waals surface area contributed by atoms with Crippen LogP contribution in [-0.2, 0) is 13.6 Å². The van der Waals surface area contributed by atoms with Gasteiger partial charge in [0.25, 0.3) is 0 Å². The van der Waals surface area contributed by atoms with Crippen molar-refractivity contribution in [2.24, 2.45) is 12.8 Å². The third kappa shape index (κ3) is 1.99. The third-order valence-electron chi connectivity index (χ3n) is 3.21. The van der Waals surface area contributed by atoms with Crippen LogP contribution in [0.5, 0.6) is 5.75 Å². The van der Waals surface area contributed by atoms with Crippen LogP contribution < -0.4 is 10.5 Å². The molecule has 0 bridgehead atoms. The number of nitrogens with zero attached hydrogens (tertiary/aromatic N) is 2. The first-order valence-corrected chi connectivity index (χ1v) is 5.95. The topological polar surface area (TPSA) is 53.1 Å². The zero-order valence-corrected chi connectivity index (χ0v) is 11.3. The second-order valence-corrected chi connectivity index (χ2v) is 4.41. The minimum absolute atomic E-state index is 0.451. The summed E-state index contributed by atoms with van der Waals surface area (Å²) in [6, 6.07) is 6.15. The molecule has 2 aromatic rings. The molecule has 96 valence electrons. The first kappa shape index (κ1) is 12.6. The number of imidazole rings is 1. The lowest BCUT2D eigenvalue weighted by Crippen LogP contribution is -2.05. The molecular weight excluding hydrogens is 226 g/mol. The van der Waals surface area contributed by atoms with Gasteiger partial charge in [-0.3, -0.25) is 0 Å². The number of nitrogens with two attached hydrogens (primary N) is 1. The highest BCUT2D eigenvalue weighted by atomic mass is 16.5. The Bertz CT molecular complexity index is 573. The lowest BCUT2D eigenvalue weighted by Gasteiger charge is -2.09. The summed E-state index contributed by atoms with van der Waals surface area (Å²) in [5.41, 5.74) is 10.1. The van der Waals surface area contributed by atoms with E-state index in [9.17, 15) is 0 Å². The summed E-state index contributed by atoms with van der Waals surface area (Å²) in [6.07, 6.45) is 0. The molecule has 0 fully saturated rings. The zero-order chi connectivity index (χ0) is 13.3. The zero-order valence-electron chi connectivity index (χ0n) is 11.3. The Kier molecular flexibility index (Phi) is 3.39. The minimum atomic E-state index is 0.451. The number of methoxy groups -OCH3 is 1. The Morgan fingerprint density at radius 1 is 1.33 bits per heavy atom. The second kappa shape index (κ2) is 4.82. The van der Waals surface area contributed by atoms with Gasteiger partial charge in [0.2, 0.25) is 0 Å². The van der Waals surface area contributed by atoms with E-state index in [0.29, 0.717) is 6.54 Å². The van der Waals surface area contributed by atoms with Crippen LogP contribution in [-0.4, -0.2) is 16.7 Å². The first-order valence-electron chi connectivity index (χ1n) is 5.95. The fourth-order valence-electron chi connectivity index (χ4n) is 2.30. The molecule has 1 heterocycles. The number of hydrogen-bond acceptors (Lipinski definition) is 3. The number of hydrogen-bond donors (Lipinski definition) is 1. The molecule has 2 N–H and O–H groups in total. The van der Waals surface area contributed by atoms with Crippen molar-refractivity contribution >= 4 is 0 Å². The standard InChI is InChI=1S/C14H19N3O/c1-9-7-11(5-6-12(9)18-4)14-10(2)16-13(8-15)17(14)3/h5-7H,8,15H2,1-4H3. The normalized spacial score (nSPS) is 10.7. The highest BCUT2D eigenvalue weighted by Crippen LogP contribution is 2.28. The average molecular weight is 245 g/mol. The average Bonchev–Trinajstić information content (AvgIpc) is 2.64. The van der Waals surface area contributed by atoms with Crippen LogP contribution in [0.2, 0.25) is 0 Å². The molecule has 0 radical (unpaired) electrons. The van der Waals surface area contributed by atoms with Gasteiger partial charge in [-0.05, 0) is 37.6 Å². The molecule has 18 heavy (non-hydrogen) atoms. The van der Waals surface area contributed by atoms with Gasteiger partial charge in [0.15, 0.2) is 0 Å². The fourth-order valence-corrected chi connectivity index (χ4v) is 2.30. The molecule has 1 aromatic carbocycles. The van der Waals surface area contributed by atoms with Gasteiger partial charge in [0.05, 0.1) is 25.0 Å². The van der Waals surface area contributed by atoms with Gasteiger partial charge >= 0.3 is 0 Å². The highest BCUT2D eigenvalue weighted by Gasteiger charge is 2.13. The van der Waals surface area contributed by atoms with Crippen molar-refractivity contribution in [2.75, 3.05) is 7.11 Å². The predicted octanol–water partition coefficient (Wildman–Crippen LogP) is 2.17. The van der Waals surface area contributed by atoms with Gasteiger partial charge in [-0.25, -0.2) is 4.98 Å². The van der Waals surface area contributed by atoms with Crippen molar-refractivity contribution in [3.8, 4) is 17.0 Å². The summed E-state index contributed by atoms with van der Waals surface area (Å²) in [5.74, 6) is 1.80. The molecular formula is C14H19N3O.